The first-order chi connectivity index (χ1) is 15.1. The summed E-state index contributed by atoms with van der Waals surface area (Å²) in [6, 6.07) is 25.0. The van der Waals surface area contributed by atoms with Crippen LogP contribution in [-0.2, 0) is 11.3 Å². The lowest BCUT2D eigenvalue weighted by atomic mass is 9.73. The second kappa shape index (κ2) is 8.25. The summed E-state index contributed by atoms with van der Waals surface area (Å²) < 4.78 is 13.2. The molecule has 2 fully saturated rings. The van der Waals surface area contributed by atoms with Gasteiger partial charge in [0.05, 0.1) is 25.2 Å². The number of aliphatic hydroxyl groups is 1. The summed E-state index contributed by atoms with van der Waals surface area (Å²) in [6.45, 7) is 1.64. The maximum absolute atomic E-state index is 13.2. The molecule has 2 aliphatic heterocycles. The van der Waals surface area contributed by atoms with Crippen molar-refractivity contribution in [3.63, 3.8) is 0 Å². The zero-order valence-electron chi connectivity index (χ0n) is 17.2. The molecule has 3 aromatic rings. The Morgan fingerprint density at radius 2 is 1.58 bits per heavy atom. The fraction of sp³-hybridized carbons (Fsp3) is 0.269. The Balaban J connectivity index is 1.35. The number of hydrogen-bond acceptors (Lipinski definition) is 3. The number of benzene rings is 3. The van der Waals surface area contributed by atoms with Gasteiger partial charge in [-0.15, -0.1) is 0 Å². The Morgan fingerprint density at radius 1 is 0.903 bits per heavy atom. The molecule has 0 saturated carbocycles. The molecule has 0 radical (unpaired) electrons. The number of amides is 1. The van der Waals surface area contributed by atoms with E-state index in [9.17, 15) is 14.3 Å². The summed E-state index contributed by atoms with van der Waals surface area (Å²) in [6.07, 6.45) is 0. The Labute approximate surface area is 181 Å². The van der Waals surface area contributed by atoms with Gasteiger partial charge in [-0.2, -0.15) is 0 Å². The third-order valence-corrected chi connectivity index (χ3v) is 6.54. The largest absolute Gasteiger partial charge is 0.394 e. The molecule has 5 rings (SSSR count). The molecule has 5 heteroatoms. The first-order valence-electron chi connectivity index (χ1n) is 10.7. The summed E-state index contributed by atoms with van der Waals surface area (Å²) in [4.78, 5) is 16.8. The standard InChI is InChI=1S/C26H25FN2O2/c27-22-12-6-18(7-13-22)14-28-15-23-26(24(17-30)29(23)25(31)16-28)21-10-8-20(9-11-21)19-4-2-1-3-5-19/h1-13,23-24,26,30H,14-17H2/t23-,24+,26-/m0/s1. The predicted octanol–water partition coefficient (Wildman–Crippen LogP) is 3.66. The average Bonchev–Trinajstić information content (AvgIpc) is 2.78. The molecule has 0 bridgehead atoms. The van der Waals surface area contributed by atoms with Crippen LogP contribution in [0.15, 0.2) is 78.9 Å². The number of nitrogens with zero attached hydrogens (tertiary/aromatic N) is 2. The van der Waals surface area contributed by atoms with E-state index in [1.54, 1.807) is 12.1 Å². The van der Waals surface area contributed by atoms with E-state index in [2.05, 4.69) is 41.3 Å². The average molecular weight is 416 g/mol. The van der Waals surface area contributed by atoms with Crippen LogP contribution in [0.1, 0.15) is 17.0 Å². The normalized spacial score (nSPS) is 23.4. The molecule has 0 spiro atoms. The number of aliphatic hydroxyl groups excluding tert-OH is 1. The van der Waals surface area contributed by atoms with Gasteiger partial charge in [0.25, 0.3) is 0 Å². The first-order valence-corrected chi connectivity index (χ1v) is 10.7. The first kappa shape index (κ1) is 19.9. The van der Waals surface area contributed by atoms with Crippen molar-refractivity contribution in [3.05, 3.63) is 95.8 Å². The highest BCUT2D eigenvalue weighted by Crippen LogP contribution is 2.43. The molecule has 4 nitrogen and oxygen atoms in total. The maximum atomic E-state index is 13.2. The molecule has 2 heterocycles. The number of carbonyl (C=O) groups excluding carboxylic acids is 1. The van der Waals surface area contributed by atoms with Crippen molar-refractivity contribution in [1.29, 1.82) is 0 Å². The third kappa shape index (κ3) is 3.75. The van der Waals surface area contributed by atoms with E-state index in [0.29, 0.717) is 13.1 Å². The summed E-state index contributed by atoms with van der Waals surface area (Å²) in [5.74, 6) is -0.0993. The van der Waals surface area contributed by atoms with Crippen LogP contribution in [0, 0.1) is 5.82 Å². The quantitative estimate of drug-likeness (QED) is 0.690. The van der Waals surface area contributed by atoms with Gasteiger partial charge in [0, 0.05) is 19.0 Å². The van der Waals surface area contributed by atoms with Gasteiger partial charge in [-0.1, -0.05) is 66.7 Å². The molecule has 0 unspecified atom stereocenters. The van der Waals surface area contributed by atoms with Gasteiger partial charge in [0.2, 0.25) is 5.91 Å². The van der Waals surface area contributed by atoms with E-state index in [1.165, 1.54) is 17.7 Å². The monoisotopic (exact) mass is 416 g/mol. The van der Waals surface area contributed by atoms with Crippen molar-refractivity contribution in [2.75, 3.05) is 19.7 Å². The smallest absolute Gasteiger partial charge is 0.237 e. The van der Waals surface area contributed by atoms with Crippen molar-refractivity contribution < 1.29 is 14.3 Å². The van der Waals surface area contributed by atoms with Crippen molar-refractivity contribution in [1.82, 2.24) is 9.80 Å². The lowest BCUT2D eigenvalue weighted by Crippen LogP contribution is -2.72. The number of fused-ring (bicyclic) bond motifs is 1. The molecule has 0 aliphatic carbocycles. The molecule has 1 amide bonds. The summed E-state index contributed by atoms with van der Waals surface area (Å²) >= 11 is 0. The zero-order valence-corrected chi connectivity index (χ0v) is 17.2. The highest BCUT2D eigenvalue weighted by Gasteiger charge is 2.53. The van der Waals surface area contributed by atoms with E-state index in [1.807, 2.05) is 23.1 Å². The van der Waals surface area contributed by atoms with Crippen LogP contribution in [0.25, 0.3) is 11.1 Å². The second-order valence-electron chi connectivity index (χ2n) is 8.43. The van der Waals surface area contributed by atoms with E-state index in [-0.39, 0.29) is 36.3 Å². The van der Waals surface area contributed by atoms with Crippen LogP contribution >= 0.6 is 0 Å². The van der Waals surface area contributed by atoms with Crippen molar-refractivity contribution in [2.45, 2.75) is 24.5 Å². The Bertz CT molecular complexity index is 1050. The summed E-state index contributed by atoms with van der Waals surface area (Å²) in [7, 11) is 0. The van der Waals surface area contributed by atoms with Gasteiger partial charge >= 0.3 is 0 Å². The number of carbonyl (C=O) groups is 1. The van der Waals surface area contributed by atoms with Crippen molar-refractivity contribution in [2.24, 2.45) is 0 Å². The fourth-order valence-electron chi connectivity index (χ4n) is 5.06. The SMILES string of the molecule is O=C1CN(Cc2ccc(F)cc2)C[C@H]2[C@H](c3ccc(-c4ccccc4)cc3)[C@@H](CO)N12. The van der Waals surface area contributed by atoms with Crippen LogP contribution < -0.4 is 0 Å². The molecular weight excluding hydrogens is 391 g/mol. The van der Waals surface area contributed by atoms with Gasteiger partial charge in [0.15, 0.2) is 0 Å². The lowest BCUT2D eigenvalue weighted by molar-refractivity contribution is -0.162. The molecule has 2 aliphatic rings. The van der Waals surface area contributed by atoms with E-state index in [0.717, 1.165) is 23.2 Å². The Hall–Kier alpha value is -3.02. The molecule has 0 aromatic heterocycles. The van der Waals surface area contributed by atoms with Gasteiger partial charge in [0.1, 0.15) is 5.82 Å². The molecule has 3 aromatic carbocycles. The van der Waals surface area contributed by atoms with E-state index >= 15 is 0 Å². The lowest BCUT2D eigenvalue weighted by Gasteiger charge is -2.59. The minimum atomic E-state index is -0.256. The van der Waals surface area contributed by atoms with Crippen LogP contribution in [-0.4, -0.2) is 52.6 Å². The van der Waals surface area contributed by atoms with Crippen LogP contribution in [0.2, 0.25) is 0 Å². The van der Waals surface area contributed by atoms with Gasteiger partial charge in [-0.25, -0.2) is 4.39 Å². The van der Waals surface area contributed by atoms with Gasteiger partial charge in [-0.05, 0) is 34.4 Å². The van der Waals surface area contributed by atoms with Crippen LogP contribution in [0.5, 0.6) is 0 Å². The second-order valence-corrected chi connectivity index (χ2v) is 8.43. The predicted molar refractivity (Wildman–Crippen MR) is 118 cm³/mol. The number of rotatable bonds is 5. The fourth-order valence-corrected chi connectivity index (χ4v) is 5.06. The Kier molecular flexibility index (Phi) is 5.30. The van der Waals surface area contributed by atoms with E-state index < -0.39 is 0 Å². The zero-order chi connectivity index (χ0) is 21.4. The molecule has 3 atom stereocenters. The molecule has 31 heavy (non-hydrogen) atoms. The summed E-state index contributed by atoms with van der Waals surface area (Å²) in [5, 5.41) is 9.99. The highest BCUT2D eigenvalue weighted by molar-refractivity contribution is 5.81. The maximum Gasteiger partial charge on any atom is 0.237 e. The molecule has 1 N–H and O–H groups in total. The van der Waals surface area contributed by atoms with E-state index in [4.69, 9.17) is 0 Å². The van der Waals surface area contributed by atoms with Crippen LogP contribution in [0.4, 0.5) is 4.39 Å². The third-order valence-electron chi connectivity index (χ3n) is 6.54. The molecule has 158 valence electrons. The summed E-state index contributed by atoms with van der Waals surface area (Å²) in [5.41, 5.74) is 4.46. The topological polar surface area (TPSA) is 43.8 Å². The minimum Gasteiger partial charge on any atom is -0.394 e. The number of hydrogen-bond donors (Lipinski definition) is 1. The number of piperazine rings is 1. The minimum absolute atomic E-state index is 0.0364. The van der Waals surface area contributed by atoms with Crippen molar-refractivity contribution in [3.8, 4) is 11.1 Å². The van der Waals surface area contributed by atoms with Gasteiger partial charge in [-0.3, -0.25) is 9.69 Å². The van der Waals surface area contributed by atoms with Crippen molar-refractivity contribution >= 4 is 5.91 Å². The Morgan fingerprint density at radius 3 is 2.26 bits per heavy atom. The van der Waals surface area contributed by atoms with Gasteiger partial charge < -0.3 is 10.0 Å². The molecule has 2 saturated heterocycles. The van der Waals surface area contributed by atoms with Crippen LogP contribution in [0.3, 0.4) is 0 Å². The molecular formula is C26H25FN2O2. The number of halogens is 1. The highest BCUT2D eigenvalue weighted by atomic mass is 19.1.